The van der Waals surface area contributed by atoms with Crippen LogP contribution >= 0.6 is 0 Å². The minimum Gasteiger partial charge on any atom is -0.299 e. The van der Waals surface area contributed by atoms with Crippen molar-refractivity contribution in [3.63, 3.8) is 0 Å². The largest absolute Gasteiger partial charge is 0.299 e. The normalized spacial score (nSPS) is 31.8. The third-order valence-corrected chi connectivity index (χ3v) is 2.75. The van der Waals surface area contributed by atoms with Crippen molar-refractivity contribution in [3.8, 4) is 0 Å². The van der Waals surface area contributed by atoms with Gasteiger partial charge in [0.2, 0.25) is 0 Å². The molecule has 0 unspecified atom stereocenters. The summed E-state index contributed by atoms with van der Waals surface area (Å²) >= 11 is 0. The fourth-order valence-corrected chi connectivity index (χ4v) is 2.00. The van der Waals surface area contributed by atoms with Crippen LogP contribution in [-0.4, -0.2) is 5.78 Å². The molecule has 1 fully saturated rings. The smallest absolute Gasteiger partial charge is 0.135 e. The molecule has 0 bridgehead atoms. The summed E-state index contributed by atoms with van der Waals surface area (Å²) in [5.41, 5.74) is 0. The Balaban J connectivity index is 2.42. The number of hydrogen-bond donors (Lipinski definition) is 0. The molecule has 1 saturated carbocycles. The zero-order valence-corrected chi connectivity index (χ0v) is 7.76. The van der Waals surface area contributed by atoms with Crippen molar-refractivity contribution in [2.24, 2.45) is 17.8 Å². The quantitative estimate of drug-likeness (QED) is 0.597. The first kappa shape index (κ1) is 8.76. The molecule has 0 radical (unpaired) electrons. The zero-order chi connectivity index (χ0) is 8.43. The summed E-state index contributed by atoms with van der Waals surface area (Å²) in [6.45, 7) is 6.55. The topological polar surface area (TPSA) is 17.1 Å². The SMILES string of the molecule is CC(C)C[C@H]1CCC(=O)[C@H]1C. The molecule has 1 nitrogen and oxygen atoms in total. The van der Waals surface area contributed by atoms with E-state index in [4.69, 9.17) is 0 Å². The van der Waals surface area contributed by atoms with Gasteiger partial charge in [-0.2, -0.15) is 0 Å². The molecule has 64 valence electrons. The van der Waals surface area contributed by atoms with Crippen LogP contribution in [0.1, 0.15) is 40.0 Å². The zero-order valence-electron chi connectivity index (χ0n) is 7.76. The Hall–Kier alpha value is -0.330. The monoisotopic (exact) mass is 154 g/mol. The highest BCUT2D eigenvalue weighted by Crippen LogP contribution is 2.32. The van der Waals surface area contributed by atoms with Gasteiger partial charge in [-0.05, 0) is 24.7 Å². The molecule has 0 spiro atoms. The van der Waals surface area contributed by atoms with Gasteiger partial charge in [-0.15, -0.1) is 0 Å². The van der Waals surface area contributed by atoms with E-state index in [1.54, 1.807) is 0 Å². The first-order valence-corrected chi connectivity index (χ1v) is 4.64. The maximum atomic E-state index is 11.2. The van der Waals surface area contributed by atoms with Crippen LogP contribution in [0.2, 0.25) is 0 Å². The summed E-state index contributed by atoms with van der Waals surface area (Å²) in [6, 6.07) is 0. The van der Waals surface area contributed by atoms with Crippen molar-refractivity contribution >= 4 is 5.78 Å². The van der Waals surface area contributed by atoms with E-state index in [-0.39, 0.29) is 0 Å². The molecule has 1 aliphatic rings. The summed E-state index contributed by atoms with van der Waals surface area (Å²) in [6.07, 6.45) is 3.20. The Labute approximate surface area is 69.2 Å². The highest BCUT2D eigenvalue weighted by Gasteiger charge is 2.30. The Morgan fingerprint density at radius 2 is 2.18 bits per heavy atom. The summed E-state index contributed by atoms with van der Waals surface area (Å²) in [7, 11) is 0. The molecule has 0 N–H and O–H groups in total. The van der Waals surface area contributed by atoms with Crippen LogP contribution in [-0.2, 0) is 4.79 Å². The Bertz CT molecular complexity index is 149. The van der Waals surface area contributed by atoms with Crippen molar-refractivity contribution in [2.45, 2.75) is 40.0 Å². The fourth-order valence-electron chi connectivity index (χ4n) is 2.00. The lowest BCUT2D eigenvalue weighted by atomic mass is 9.89. The average molecular weight is 154 g/mol. The first-order chi connectivity index (χ1) is 5.11. The van der Waals surface area contributed by atoms with Crippen LogP contribution in [0, 0.1) is 17.8 Å². The molecule has 0 aromatic rings. The number of carbonyl (C=O) groups excluding carboxylic acids is 1. The lowest BCUT2D eigenvalue weighted by molar-refractivity contribution is -0.120. The van der Waals surface area contributed by atoms with Crippen molar-refractivity contribution in [1.29, 1.82) is 0 Å². The van der Waals surface area contributed by atoms with E-state index in [9.17, 15) is 4.79 Å². The van der Waals surface area contributed by atoms with Crippen LogP contribution in [0.5, 0.6) is 0 Å². The maximum Gasteiger partial charge on any atom is 0.135 e. The van der Waals surface area contributed by atoms with Gasteiger partial charge in [0.05, 0.1) is 0 Å². The van der Waals surface area contributed by atoms with E-state index in [1.165, 1.54) is 6.42 Å². The van der Waals surface area contributed by atoms with Gasteiger partial charge in [0.15, 0.2) is 0 Å². The van der Waals surface area contributed by atoms with Crippen LogP contribution in [0.4, 0.5) is 0 Å². The lowest BCUT2D eigenvalue weighted by Gasteiger charge is -2.15. The number of Topliss-reactive ketones (excluding diaryl/α,β-unsaturated/α-hetero) is 1. The molecule has 0 heterocycles. The van der Waals surface area contributed by atoms with Gasteiger partial charge in [0, 0.05) is 12.3 Å². The fraction of sp³-hybridized carbons (Fsp3) is 0.900. The molecular formula is C10H18O. The predicted molar refractivity (Wildman–Crippen MR) is 46.4 cm³/mol. The van der Waals surface area contributed by atoms with Crippen LogP contribution in [0.25, 0.3) is 0 Å². The van der Waals surface area contributed by atoms with Crippen LogP contribution in [0.15, 0.2) is 0 Å². The maximum absolute atomic E-state index is 11.2. The van der Waals surface area contributed by atoms with Crippen molar-refractivity contribution in [1.82, 2.24) is 0 Å². The number of hydrogen-bond acceptors (Lipinski definition) is 1. The number of rotatable bonds is 2. The average Bonchev–Trinajstić information content (AvgIpc) is 2.18. The third kappa shape index (κ3) is 2.05. The summed E-state index contributed by atoms with van der Waals surface area (Å²) in [4.78, 5) is 11.2. The first-order valence-electron chi connectivity index (χ1n) is 4.64. The molecule has 2 atom stereocenters. The van der Waals surface area contributed by atoms with E-state index in [0.29, 0.717) is 17.6 Å². The molecule has 0 aromatic heterocycles. The van der Waals surface area contributed by atoms with E-state index in [0.717, 1.165) is 18.8 Å². The molecule has 0 saturated heterocycles. The summed E-state index contributed by atoms with van der Waals surface area (Å²) in [5.74, 6) is 2.25. The summed E-state index contributed by atoms with van der Waals surface area (Å²) < 4.78 is 0. The van der Waals surface area contributed by atoms with E-state index in [1.807, 2.05) is 0 Å². The number of carbonyl (C=O) groups is 1. The Morgan fingerprint density at radius 1 is 1.55 bits per heavy atom. The summed E-state index contributed by atoms with van der Waals surface area (Å²) in [5, 5.41) is 0. The van der Waals surface area contributed by atoms with Crippen LogP contribution in [0.3, 0.4) is 0 Å². The van der Waals surface area contributed by atoms with Gasteiger partial charge >= 0.3 is 0 Å². The van der Waals surface area contributed by atoms with Crippen molar-refractivity contribution < 1.29 is 4.79 Å². The lowest BCUT2D eigenvalue weighted by Crippen LogP contribution is -2.12. The van der Waals surface area contributed by atoms with E-state index in [2.05, 4.69) is 20.8 Å². The molecule has 1 heteroatoms. The van der Waals surface area contributed by atoms with Crippen molar-refractivity contribution in [2.75, 3.05) is 0 Å². The van der Waals surface area contributed by atoms with E-state index >= 15 is 0 Å². The molecule has 11 heavy (non-hydrogen) atoms. The molecule has 1 rings (SSSR count). The minimum absolute atomic E-state index is 0.345. The van der Waals surface area contributed by atoms with Gasteiger partial charge in [0.1, 0.15) is 5.78 Å². The highest BCUT2D eigenvalue weighted by atomic mass is 16.1. The Kier molecular flexibility index (Phi) is 2.69. The molecule has 0 aliphatic heterocycles. The Morgan fingerprint density at radius 3 is 2.55 bits per heavy atom. The van der Waals surface area contributed by atoms with Gasteiger partial charge in [-0.3, -0.25) is 4.79 Å². The number of ketones is 1. The van der Waals surface area contributed by atoms with Gasteiger partial charge in [-0.25, -0.2) is 0 Å². The van der Waals surface area contributed by atoms with Crippen molar-refractivity contribution in [3.05, 3.63) is 0 Å². The van der Waals surface area contributed by atoms with Gasteiger partial charge < -0.3 is 0 Å². The third-order valence-electron chi connectivity index (χ3n) is 2.75. The molecular weight excluding hydrogens is 136 g/mol. The second kappa shape index (κ2) is 3.38. The predicted octanol–water partition coefficient (Wildman–Crippen LogP) is 2.65. The second-order valence-corrected chi connectivity index (χ2v) is 4.18. The molecule has 0 aromatic carbocycles. The molecule has 0 amide bonds. The highest BCUT2D eigenvalue weighted by molar-refractivity contribution is 5.82. The van der Waals surface area contributed by atoms with Gasteiger partial charge in [-0.1, -0.05) is 20.8 Å². The van der Waals surface area contributed by atoms with E-state index < -0.39 is 0 Å². The second-order valence-electron chi connectivity index (χ2n) is 4.18. The van der Waals surface area contributed by atoms with Crippen LogP contribution < -0.4 is 0 Å². The minimum atomic E-state index is 0.345. The standard InChI is InChI=1S/C10H18O/c1-7(2)6-9-4-5-10(11)8(9)3/h7-9H,4-6H2,1-3H3/t8-,9+/m0/s1. The van der Waals surface area contributed by atoms with Gasteiger partial charge in [0.25, 0.3) is 0 Å². The molecule has 1 aliphatic carbocycles.